The van der Waals surface area contributed by atoms with Crippen LogP contribution in [0.15, 0.2) is 42.5 Å². The number of aliphatic carboxylic acids is 1. The van der Waals surface area contributed by atoms with Crippen molar-refractivity contribution in [2.45, 2.75) is 5.92 Å². The lowest BCUT2D eigenvalue weighted by Crippen LogP contribution is -2.18. The van der Waals surface area contributed by atoms with Crippen LogP contribution in [0.3, 0.4) is 0 Å². The van der Waals surface area contributed by atoms with Crippen LogP contribution in [-0.2, 0) is 4.79 Å². The second-order valence-corrected chi connectivity index (χ2v) is 4.09. The van der Waals surface area contributed by atoms with Crippen LogP contribution in [0.4, 0.5) is 4.39 Å². The van der Waals surface area contributed by atoms with Crippen molar-refractivity contribution in [2.75, 3.05) is 0 Å². The van der Waals surface area contributed by atoms with Gasteiger partial charge < -0.3 is 9.84 Å². The number of hydrogen-bond acceptors (Lipinski definition) is 2. The molecule has 1 atom stereocenters. The molecule has 0 radical (unpaired) electrons. The fraction of sp³-hybridized carbons (Fsp3) is 0.0714. The average molecular weight is 244 g/mol. The predicted octanol–water partition coefficient (Wildman–Crippen LogP) is 3.15. The van der Waals surface area contributed by atoms with Gasteiger partial charge in [-0.3, -0.25) is 4.79 Å². The molecule has 0 bridgehead atoms. The molecule has 1 heterocycles. The zero-order valence-electron chi connectivity index (χ0n) is 9.26. The maximum atomic E-state index is 13.3. The van der Waals surface area contributed by atoms with E-state index in [9.17, 15) is 14.3 Å². The number of halogens is 1. The van der Waals surface area contributed by atoms with Crippen molar-refractivity contribution < 1.29 is 19.0 Å². The van der Waals surface area contributed by atoms with Crippen molar-refractivity contribution in [1.82, 2.24) is 0 Å². The van der Waals surface area contributed by atoms with Gasteiger partial charge in [-0.2, -0.15) is 0 Å². The molecule has 2 aromatic rings. The summed E-state index contributed by atoms with van der Waals surface area (Å²) >= 11 is 0. The largest absolute Gasteiger partial charge is 0.481 e. The molecular formula is C14H9FO3. The van der Waals surface area contributed by atoms with Gasteiger partial charge in [-0.15, -0.1) is 0 Å². The molecule has 0 amide bonds. The SMILES string of the molecule is O=C(O)C1c2ccccc2Oc2ccc(F)cc21. The first kappa shape index (κ1) is 10.8. The molecule has 2 aromatic carbocycles. The van der Waals surface area contributed by atoms with Gasteiger partial charge in [-0.05, 0) is 24.3 Å². The number of benzene rings is 2. The number of carboxylic acid groups (broad SMARTS) is 1. The number of carboxylic acids is 1. The fourth-order valence-corrected chi connectivity index (χ4v) is 2.20. The van der Waals surface area contributed by atoms with E-state index < -0.39 is 17.7 Å². The molecule has 0 saturated heterocycles. The molecule has 90 valence electrons. The third-order valence-corrected chi connectivity index (χ3v) is 2.98. The smallest absolute Gasteiger partial charge is 0.315 e. The minimum absolute atomic E-state index is 0.348. The van der Waals surface area contributed by atoms with Crippen molar-refractivity contribution in [2.24, 2.45) is 0 Å². The van der Waals surface area contributed by atoms with Gasteiger partial charge >= 0.3 is 5.97 Å². The van der Waals surface area contributed by atoms with Crippen LogP contribution in [0.25, 0.3) is 0 Å². The first-order valence-corrected chi connectivity index (χ1v) is 5.46. The van der Waals surface area contributed by atoms with Crippen molar-refractivity contribution in [3.63, 3.8) is 0 Å². The summed E-state index contributed by atoms with van der Waals surface area (Å²) in [5.74, 6) is -1.48. The molecule has 1 aliphatic rings. The highest BCUT2D eigenvalue weighted by atomic mass is 19.1. The summed E-state index contributed by atoms with van der Waals surface area (Å²) in [6.07, 6.45) is 0. The van der Waals surface area contributed by atoms with Crippen LogP contribution in [0.2, 0.25) is 0 Å². The molecule has 0 saturated carbocycles. The third kappa shape index (κ3) is 1.54. The second kappa shape index (κ2) is 3.84. The van der Waals surface area contributed by atoms with E-state index in [1.165, 1.54) is 18.2 Å². The Labute approximate surface area is 102 Å². The topological polar surface area (TPSA) is 46.5 Å². The zero-order chi connectivity index (χ0) is 12.7. The third-order valence-electron chi connectivity index (χ3n) is 2.98. The lowest BCUT2D eigenvalue weighted by Gasteiger charge is -2.25. The molecule has 1 aliphatic heterocycles. The number of rotatable bonds is 1. The van der Waals surface area contributed by atoms with Crippen LogP contribution >= 0.6 is 0 Å². The number of para-hydroxylation sites is 1. The van der Waals surface area contributed by atoms with E-state index in [1.54, 1.807) is 24.3 Å². The normalized spacial score (nSPS) is 16.4. The van der Waals surface area contributed by atoms with Gasteiger partial charge in [0.05, 0.1) is 0 Å². The minimum Gasteiger partial charge on any atom is -0.481 e. The maximum absolute atomic E-state index is 13.3. The number of fused-ring (bicyclic) bond motifs is 2. The maximum Gasteiger partial charge on any atom is 0.315 e. The lowest BCUT2D eigenvalue weighted by atomic mass is 9.88. The Hall–Kier alpha value is -2.36. The molecule has 0 fully saturated rings. The summed E-state index contributed by atoms with van der Waals surface area (Å²) in [7, 11) is 0. The summed E-state index contributed by atoms with van der Waals surface area (Å²) < 4.78 is 18.8. The van der Waals surface area contributed by atoms with Gasteiger partial charge in [0.15, 0.2) is 0 Å². The highest BCUT2D eigenvalue weighted by molar-refractivity contribution is 5.83. The zero-order valence-corrected chi connectivity index (χ0v) is 9.26. The molecule has 0 aliphatic carbocycles. The summed E-state index contributed by atoms with van der Waals surface area (Å²) in [4.78, 5) is 11.4. The minimum atomic E-state index is -1.02. The molecular weight excluding hydrogens is 235 g/mol. The number of carbonyl (C=O) groups is 1. The Morgan fingerprint density at radius 2 is 1.83 bits per heavy atom. The standard InChI is InChI=1S/C14H9FO3/c15-8-5-6-12-10(7-8)13(14(16)17)9-3-1-2-4-11(9)18-12/h1-7,13H,(H,16,17). The van der Waals surface area contributed by atoms with Gasteiger partial charge in [0.1, 0.15) is 23.2 Å². The summed E-state index contributed by atoms with van der Waals surface area (Å²) in [5, 5.41) is 9.34. The van der Waals surface area contributed by atoms with Crippen LogP contribution in [0.1, 0.15) is 17.0 Å². The molecule has 1 unspecified atom stereocenters. The average Bonchev–Trinajstić information content (AvgIpc) is 2.35. The highest BCUT2D eigenvalue weighted by Gasteiger charge is 2.32. The molecule has 0 aromatic heterocycles. The molecule has 3 rings (SSSR count). The van der Waals surface area contributed by atoms with Crippen LogP contribution in [0.5, 0.6) is 11.5 Å². The molecule has 3 nitrogen and oxygen atoms in total. The Morgan fingerprint density at radius 3 is 2.61 bits per heavy atom. The quantitative estimate of drug-likeness (QED) is 0.838. The Morgan fingerprint density at radius 1 is 1.11 bits per heavy atom. The van der Waals surface area contributed by atoms with E-state index in [0.717, 1.165) is 0 Å². The Balaban J connectivity index is 2.24. The van der Waals surface area contributed by atoms with Gasteiger partial charge in [0, 0.05) is 11.1 Å². The van der Waals surface area contributed by atoms with Gasteiger partial charge in [-0.1, -0.05) is 18.2 Å². The van der Waals surface area contributed by atoms with Gasteiger partial charge in [0.2, 0.25) is 0 Å². The molecule has 4 heteroatoms. The van der Waals surface area contributed by atoms with E-state index in [1.807, 2.05) is 0 Å². The van der Waals surface area contributed by atoms with Gasteiger partial charge in [-0.25, -0.2) is 4.39 Å². The highest BCUT2D eigenvalue weighted by Crippen LogP contribution is 2.44. The van der Waals surface area contributed by atoms with Gasteiger partial charge in [0.25, 0.3) is 0 Å². The van der Waals surface area contributed by atoms with E-state index in [2.05, 4.69) is 0 Å². The van der Waals surface area contributed by atoms with Crippen molar-refractivity contribution in [3.8, 4) is 11.5 Å². The van der Waals surface area contributed by atoms with E-state index in [0.29, 0.717) is 22.6 Å². The van der Waals surface area contributed by atoms with Crippen LogP contribution < -0.4 is 4.74 Å². The Bertz CT molecular complexity index is 637. The fourth-order valence-electron chi connectivity index (χ4n) is 2.20. The van der Waals surface area contributed by atoms with E-state index in [4.69, 9.17) is 4.74 Å². The molecule has 18 heavy (non-hydrogen) atoms. The van der Waals surface area contributed by atoms with Crippen molar-refractivity contribution in [1.29, 1.82) is 0 Å². The summed E-state index contributed by atoms with van der Waals surface area (Å²) in [6, 6.07) is 10.8. The van der Waals surface area contributed by atoms with Crippen molar-refractivity contribution in [3.05, 3.63) is 59.4 Å². The van der Waals surface area contributed by atoms with Crippen LogP contribution in [0, 0.1) is 5.82 Å². The van der Waals surface area contributed by atoms with Crippen molar-refractivity contribution >= 4 is 5.97 Å². The number of ether oxygens (including phenoxy) is 1. The van der Waals surface area contributed by atoms with E-state index >= 15 is 0 Å². The predicted molar refractivity (Wildman–Crippen MR) is 62.4 cm³/mol. The summed E-state index contributed by atoms with van der Waals surface area (Å²) in [6.45, 7) is 0. The van der Waals surface area contributed by atoms with Crippen LogP contribution in [-0.4, -0.2) is 11.1 Å². The number of hydrogen-bond donors (Lipinski definition) is 1. The first-order valence-electron chi connectivity index (χ1n) is 5.46. The molecule has 1 N–H and O–H groups in total. The second-order valence-electron chi connectivity index (χ2n) is 4.09. The molecule has 0 spiro atoms. The first-order chi connectivity index (χ1) is 8.66. The Kier molecular flexibility index (Phi) is 2.30. The van der Waals surface area contributed by atoms with E-state index in [-0.39, 0.29) is 0 Å². The monoisotopic (exact) mass is 244 g/mol. The lowest BCUT2D eigenvalue weighted by molar-refractivity contribution is -0.137. The summed E-state index contributed by atoms with van der Waals surface area (Å²) in [5.41, 5.74) is 0.893.